The summed E-state index contributed by atoms with van der Waals surface area (Å²) in [6, 6.07) is 4.94. The monoisotopic (exact) mass is 310 g/mol. The highest BCUT2D eigenvalue weighted by molar-refractivity contribution is 7.15. The standard InChI is InChI=1S/C12H8F2N4O2S/c1-5-2-3-7-6(15-5)4-8(20-7)10(19)16-12-18-17-11(21-12)9(13)14/h2-4,9H,1H3,(H,16,18,19). The van der Waals surface area contributed by atoms with Gasteiger partial charge in [0.1, 0.15) is 5.52 Å². The van der Waals surface area contributed by atoms with Crippen LogP contribution in [0, 0.1) is 6.92 Å². The third-order valence-electron chi connectivity index (χ3n) is 2.58. The number of rotatable bonds is 3. The zero-order valence-electron chi connectivity index (χ0n) is 10.6. The minimum absolute atomic E-state index is 0.0140. The van der Waals surface area contributed by atoms with E-state index in [4.69, 9.17) is 4.42 Å². The van der Waals surface area contributed by atoms with Crippen LogP contribution in [0.5, 0.6) is 0 Å². The van der Waals surface area contributed by atoms with Gasteiger partial charge in [0, 0.05) is 11.8 Å². The Morgan fingerprint density at radius 1 is 1.38 bits per heavy atom. The summed E-state index contributed by atoms with van der Waals surface area (Å²) in [6.45, 7) is 1.82. The fraction of sp³-hybridized carbons (Fsp3) is 0.167. The highest BCUT2D eigenvalue weighted by Crippen LogP contribution is 2.26. The second-order valence-electron chi connectivity index (χ2n) is 4.15. The lowest BCUT2D eigenvalue weighted by atomic mass is 10.3. The van der Waals surface area contributed by atoms with Crippen LogP contribution in [0.3, 0.4) is 0 Å². The minimum Gasteiger partial charge on any atom is -0.449 e. The number of anilines is 1. The Balaban J connectivity index is 1.82. The number of carbonyl (C=O) groups is 1. The summed E-state index contributed by atoms with van der Waals surface area (Å²) in [4.78, 5) is 16.2. The third-order valence-corrected chi connectivity index (χ3v) is 3.43. The molecule has 0 fully saturated rings. The molecule has 0 spiro atoms. The first-order chi connectivity index (χ1) is 10.0. The van der Waals surface area contributed by atoms with Crippen molar-refractivity contribution in [2.75, 3.05) is 5.32 Å². The minimum atomic E-state index is -2.72. The maximum absolute atomic E-state index is 12.4. The number of aryl methyl sites for hydroxylation is 1. The number of hydrogen-bond donors (Lipinski definition) is 1. The van der Waals surface area contributed by atoms with E-state index in [1.807, 2.05) is 6.92 Å². The molecule has 0 atom stereocenters. The van der Waals surface area contributed by atoms with Crippen molar-refractivity contribution < 1.29 is 18.0 Å². The van der Waals surface area contributed by atoms with Crippen molar-refractivity contribution in [3.8, 4) is 0 Å². The molecule has 0 bridgehead atoms. The highest BCUT2D eigenvalue weighted by atomic mass is 32.1. The Morgan fingerprint density at radius 2 is 2.19 bits per heavy atom. The van der Waals surface area contributed by atoms with Crippen molar-refractivity contribution >= 4 is 33.5 Å². The smallest absolute Gasteiger partial charge is 0.293 e. The summed E-state index contributed by atoms with van der Waals surface area (Å²) in [5, 5.41) is 8.64. The summed E-state index contributed by atoms with van der Waals surface area (Å²) in [5.74, 6) is -0.570. The lowest BCUT2D eigenvalue weighted by Crippen LogP contribution is -2.10. The molecular weight excluding hydrogens is 302 g/mol. The molecule has 21 heavy (non-hydrogen) atoms. The maximum atomic E-state index is 12.4. The number of pyridine rings is 1. The second-order valence-corrected chi connectivity index (χ2v) is 5.16. The number of furan rings is 1. The molecule has 1 N–H and O–H groups in total. The van der Waals surface area contributed by atoms with Crippen LogP contribution in [0.15, 0.2) is 22.6 Å². The van der Waals surface area contributed by atoms with Gasteiger partial charge in [-0.1, -0.05) is 11.3 Å². The lowest BCUT2D eigenvalue weighted by molar-refractivity contribution is 0.0998. The van der Waals surface area contributed by atoms with Crippen LogP contribution >= 0.6 is 11.3 Å². The van der Waals surface area contributed by atoms with Gasteiger partial charge in [0.2, 0.25) is 5.13 Å². The van der Waals surface area contributed by atoms with Crippen molar-refractivity contribution in [1.82, 2.24) is 15.2 Å². The van der Waals surface area contributed by atoms with Gasteiger partial charge in [0.15, 0.2) is 16.4 Å². The SMILES string of the molecule is Cc1ccc2oc(C(=O)Nc3nnc(C(F)F)s3)cc2n1. The van der Waals surface area contributed by atoms with Gasteiger partial charge in [-0.15, -0.1) is 10.2 Å². The van der Waals surface area contributed by atoms with Gasteiger partial charge in [0.05, 0.1) is 0 Å². The van der Waals surface area contributed by atoms with Crippen molar-refractivity contribution in [3.63, 3.8) is 0 Å². The largest absolute Gasteiger partial charge is 0.449 e. The average Bonchev–Trinajstić information content (AvgIpc) is 3.04. The second kappa shape index (κ2) is 5.17. The third kappa shape index (κ3) is 2.72. The van der Waals surface area contributed by atoms with Crippen LogP contribution in [0.2, 0.25) is 0 Å². The van der Waals surface area contributed by atoms with Crippen LogP contribution < -0.4 is 5.32 Å². The van der Waals surface area contributed by atoms with E-state index in [1.54, 1.807) is 12.1 Å². The molecule has 3 aromatic rings. The molecule has 3 heterocycles. The molecule has 0 radical (unpaired) electrons. The zero-order chi connectivity index (χ0) is 15.0. The van der Waals surface area contributed by atoms with E-state index in [0.29, 0.717) is 22.4 Å². The Bertz CT molecular complexity index is 815. The van der Waals surface area contributed by atoms with Gasteiger partial charge in [-0.2, -0.15) is 0 Å². The number of aromatic nitrogens is 3. The molecule has 0 aromatic carbocycles. The highest BCUT2D eigenvalue weighted by Gasteiger charge is 2.18. The maximum Gasteiger partial charge on any atom is 0.293 e. The van der Waals surface area contributed by atoms with Crippen molar-refractivity contribution in [1.29, 1.82) is 0 Å². The molecule has 3 aromatic heterocycles. The zero-order valence-corrected chi connectivity index (χ0v) is 11.4. The van der Waals surface area contributed by atoms with Gasteiger partial charge in [-0.05, 0) is 19.1 Å². The van der Waals surface area contributed by atoms with Crippen LogP contribution in [-0.4, -0.2) is 21.1 Å². The van der Waals surface area contributed by atoms with Gasteiger partial charge in [0.25, 0.3) is 12.3 Å². The molecule has 3 rings (SSSR count). The van der Waals surface area contributed by atoms with Gasteiger partial charge >= 0.3 is 0 Å². The van der Waals surface area contributed by atoms with Crippen molar-refractivity contribution in [2.45, 2.75) is 13.3 Å². The molecular formula is C12H8F2N4O2S. The lowest BCUT2D eigenvalue weighted by Gasteiger charge is -1.95. The molecule has 0 aliphatic rings. The molecule has 1 amide bonds. The van der Waals surface area contributed by atoms with E-state index in [0.717, 1.165) is 5.69 Å². The first kappa shape index (κ1) is 13.6. The first-order valence-electron chi connectivity index (χ1n) is 5.83. The summed E-state index contributed by atoms with van der Waals surface area (Å²) in [7, 11) is 0. The molecule has 0 unspecified atom stereocenters. The normalized spacial score (nSPS) is 11.2. The fourth-order valence-corrected chi connectivity index (χ4v) is 2.26. The van der Waals surface area contributed by atoms with E-state index in [1.165, 1.54) is 6.07 Å². The van der Waals surface area contributed by atoms with E-state index < -0.39 is 17.3 Å². The van der Waals surface area contributed by atoms with Crippen LogP contribution in [-0.2, 0) is 0 Å². The van der Waals surface area contributed by atoms with Crippen LogP contribution in [0.4, 0.5) is 13.9 Å². The quantitative estimate of drug-likeness (QED) is 0.803. The van der Waals surface area contributed by atoms with Crippen LogP contribution in [0.1, 0.15) is 27.7 Å². The van der Waals surface area contributed by atoms with E-state index in [2.05, 4.69) is 20.5 Å². The predicted octanol–water partition coefficient (Wildman–Crippen LogP) is 3.18. The fourth-order valence-electron chi connectivity index (χ4n) is 1.67. The molecule has 108 valence electrons. The van der Waals surface area contributed by atoms with Crippen molar-refractivity contribution in [3.05, 3.63) is 34.7 Å². The Hall–Kier alpha value is -2.42. The van der Waals surface area contributed by atoms with E-state index in [9.17, 15) is 13.6 Å². The number of halogens is 2. The molecule has 0 aliphatic carbocycles. The Kier molecular flexibility index (Phi) is 3.34. The molecule has 0 saturated heterocycles. The summed E-state index contributed by atoms with van der Waals surface area (Å²) < 4.78 is 30.1. The molecule has 9 heteroatoms. The first-order valence-corrected chi connectivity index (χ1v) is 6.64. The summed E-state index contributed by atoms with van der Waals surface area (Å²) >= 11 is 0.612. The summed E-state index contributed by atoms with van der Waals surface area (Å²) in [5.41, 5.74) is 1.81. The number of fused-ring (bicyclic) bond motifs is 1. The average molecular weight is 310 g/mol. The molecule has 0 saturated carbocycles. The molecule has 0 aliphatic heterocycles. The van der Waals surface area contributed by atoms with E-state index >= 15 is 0 Å². The molecule has 6 nitrogen and oxygen atoms in total. The van der Waals surface area contributed by atoms with Crippen molar-refractivity contribution in [2.24, 2.45) is 0 Å². The Morgan fingerprint density at radius 3 is 2.90 bits per heavy atom. The number of nitrogens with one attached hydrogen (secondary N) is 1. The number of carbonyl (C=O) groups excluding carboxylic acids is 1. The van der Waals surface area contributed by atoms with Gasteiger partial charge < -0.3 is 4.42 Å². The van der Waals surface area contributed by atoms with E-state index in [-0.39, 0.29) is 10.9 Å². The van der Waals surface area contributed by atoms with Crippen LogP contribution in [0.25, 0.3) is 11.1 Å². The van der Waals surface area contributed by atoms with Gasteiger partial charge in [-0.25, -0.2) is 13.8 Å². The summed E-state index contributed by atoms with van der Waals surface area (Å²) in [6.07, 6.45) is -2.72. The number of alkyl halides is 2. The number of amides is 1. The number of hydrogen-bond acceptors (Lipinski definition) is 6. The van der Waals surface area contributed by atoms with Gasteiger partial charge in [-0.3, -0.25) is 10.1 Å². The number of nitrogens with zero attached hydrogens (tertiary/aromatic N) is 3. The Labute approximate surface area is 120 Å². The predicted molar refractivity (Wildman–Crippen MR) is 71.6 cm³/mol. The topological polar surface area (TPSA) is 80.9 Å².